The summed E-state index contributed by atoms with van der Waals surface area (Å²) in [5.41, 5.74) is 3.19. The minimum absolute atomic E-state index is 0.00820. The number of nitrogen functional groups attached to an aromatic ring is 1. The largest absolute Gasteiger partial charge is 0.408 e. The molecule has 2 heterocycles. The van der Waals surface area contributed by atoms with Crippen molar-refractivity contribution in [3.63, 3.8) is 0 Å². The second kappa shape index (κ2) is 4.98. The average Bonchev–Trinajstić information content (AvgIpc) is 2.71. The van der Waals surface area contributed by atoms with E-state index in [1.807, 2.05) is 0 Å². The van der Waals surface area contributed by atoms with Gasteiger partial charge < -0.3 is 15.5 Å². The molecule has 8 nitrogen and oxygen atoms in total. The van der Waals surface area contributed by atoms with Crippen LogP contribution in [0.3, 0.4) is 0 Å². The van der Waals surface area contributed by atoms with Crippen molar-refractivity contribution < 1.29 is 4.92 Å². The van der Waals surface area contributed by atoms with Crippen LogP contribution in [0.5, 0.6) is 0 Å². The van der Waals surface area contributed by atoms with Crippen LogP contribution in [0.2, 0.25) is 5.02 Å². The number of rotatable bonds is 4. The summed E-state index contributed by atoms with van der Waals surface area (Å²) in [6, 6.07) is 3.51. The SMILES string of the molecule is NNc1ncccc1Cn1cc(Cl)c([N+](=O)[O-])n1. The number of nitro groups is 1. The molecule has 3 N–H and O–H groups in total. The van der Waals surface area contributed by atoms with Crippen LogP contribution in [0.1, 0.15) is 5.56 Å². The lowest BCUT2D eigenvalue weighted by molar-refractivity contribution is -0.389. The van der Waals surface area contributed by atoms with E-state index in [9.17, 15) is 10.1 Å². The Balaban J connectivity index is 2.29. The van der Waals surface area contributed by atoms with Crippen LogP contribution in [0, 0.1) is 10.1 Å². The van der Waals surface area contributed by atoms with Gasteiger partial charge in [-0.05, 0) is 11.0 Å². The van der Waals surface area contributed by atoms with E-state index in [2.05, 4.69) is 15.5 Å². The molecule has 2 aromatic heterocycles. The topological polar surface area (TPSA) is 112 Å². The first-order valence-corrected chi connectivity index (χ1v) is 5.27. The third-order valence-corrected chi connectivity index (χ3v) is 2.50. The summed E-state index contributed by atoms with van der Waals surface area (Å²) in [7, 11) is 0. The monoisotopic (exact) mass is 268 g/mol. The quantitative estimate of drug-likeness (QED) is 0.489. The molecule has 2 rings (SSSR count). The first-order chi connectivity index (χ1) is 8.61. The number of hydrogen-bond donors (Lipinski definition) is 2. The van der Waals surface area contributed by atoms with Crippen molar-refractivity contribution in [1.82, 2.24) is 14.8 Å². The van der Waals surface area contributed by atoms with Crippen LogP contribution < -0.4 is 11.3 Å². The third-order valence-electron chi connectivity index (χ3n) is 2.23. The Morgan fingerprint density at radius 1 is 1.61 bits per heavy atom. The van der Waals surface area contributed by atoms with E-state index in [1.54, 1.807) is 18.3 Å². The normalized spacial score (nSPS) is 10.3. The molecule has 0 unspecified atom stereocenters. The van der Waals surface area contributed by atoms with Gasteiger partial charge >= 0.3 is 5.82 Å². The van der Waals surface area contributed by atoms with Crippen molar-refractivity contribution in [2.45, 2.75) is 6.54 Å². The van der Waals surface area contributed by atoms with Crippen LogP contribution in [-0.2, 0) is 6.54 Å². The average molecular weight is 269 g/mol. The van der Waals surface area contributed by atoms with E-state index >= 15 is 0 Å². The molecule has 0 amide bonds. The fourth-order valence-electron chi connectivity index (χ4n) is 1.46. The number of aromatic nitrogens is 3. The fraction of sp³-hybridized carbons (Fsp3) is 0.111. The fourth-order valence-corrected chi connectivity index (χ4v) is 1.68. The molecule has 18 heavy (non-hydrogen) atoms. The Hall–Kier alpha value is -2.19. The van der Waals surface area contributed by atoms with Crippen LogP contribution in [0.15, 0.2) is 24.5 Å². The summed E-state index contributed by atoms with van der Waals surface area (Å²) in [6.07, 6.45) is 2.96. The predicted octanol–water partition coefficient (Wildman–Crippen LogP) is 1.17. The van der Waals surface area contributed by atoms with Gasteiger partial charge in [-0.1, -0.05) is 17.7 Å². The Bertz CT molecular complexity index is 584. The molecule has 0 aliphatic rings. The summed E-state index contributed by atoms with van der Waals surface area (Å²) in [5, 5.41) is 14.4. The van der Waals surface area contributed by atoms with Gasteiger partial charge in [-0.2, -0.15) is 4.68 Å². The smallest absolute Gasteiger partial charge is 0.358 e. The minimum Gasteiger partial charge on any atom is -0.358 e. The van der Waals surface area contributed by atoms with Gasteiger partial charge in [0.25, 0.3) is 0 Å². The first-order valence-electron chi connectivity index (χ1n) is 4.89. The lowest BCUT2D eigenvalue weighted by Gasteiger charge is -2.04. The standard InChI is InChI=1S/C9H9ClN6O2/c10-7-5-15(14-9(7)16(17)18)4-6-2-1-3-12-8(6)13-11/h1-3,5H,4,11H2,(H,12,13). The summed E-state index contributed by atoms with van der Waals surface area (Å²) >= 11 is 5.70. The highest BCUT2D eigenvalue weighted by atomic mass is 35.5. The number of hydrazine groups is 1. The molecule has 0 spiro atoms. The van der Waals surface area contributed by atoms with Gasteiger partial charge in [0, 0.05) is 11.8 Å². The molecular weight excluding hydrogens is 260 g/mol. The highest BCUT2D eigenvalue weighted by molar-refractivity contribution is 6.32. The molecule has 0 aliphatic carbocycles. The van der Waals surface area contributed by atoms with Gasteiger partial charge in [0.1, 0.15) is 5.82 Å². The maximum absolute atomic E-state index is 10.6. The molecule has 9 heteroatoms. The zero-order chi connectivity index (χ0) is 13.1. The van der Waals surface area contributed by atoms with Crippen LogP contribution >= 0.6 is 11.6 Å². The highest BCUT2D eigenvalue weighted by Crippen LogP contribution is 2.22. The van der Waals surface area contributed by atoms with Crippen LogP contribution in [0.4, 0.5) is 11.6 Å². The molecular formula is C9H9ClN6O2. The number of pyridine rings is 1. The van der Waals surface area contributed by atoms with Crippen molar-refractivity contribution in [1.29, 1.82) is 0 Å². The highest BCUT2D eigenvalue weighted by Gasteiger charge is 2.19. The van der Waals surface area contributed by atoms with E-state index in [0.29, 0.717) is 5.82 Å². The van der Waals surface area contributed by atoms with E-state index in [1.165, 1.54) is 10.9 Å². The summed E-state index contributed by atoms with van der Waals surface area (Å²) < 4.78 is 1.36. The lowest BCUT2D eigenvalue weighted by Crippen LogP contribution is -2.12. The van der Waals surface area contributed by atoms with E-state index in [4.69, 9.17) is 17.4 Å². The van der Waals surface area contributed by atoms with Gasteiger partial charge in [-0.15, -0.1) is 0 Å². The minimum atomic E-state index is -0.635. The zero-order valence-electron chi connectivity index (χ0n) is 9.08. The molecule has 0 fully saturated rings. The second-order valence-corrected chi connectivity index (χ2v) is 3.82. The van der Waals surface area contributed by atoms with Gasteiger partial charge in [-0.25, -0.2) is 10.8 Å². The van der Waals surface area contributed by atoms with E-state index < -0.39 is 4.92 Å². The number of nitrogens with zero attached hydrogens (tertiary/aromatic N) is 4. The molecule has 0 aliphatic heterocycles. The van der Waals surface area contributed by atoms with Gasteiger partial charge in [0.15, 0.2) is 5.02 Å². The first kappa shape index (κ1) is 12.3. The number of nitrogens with two attached hydrogens (primary N) is 1. The van der Waals surface area contributed by atoms with Crippen LogP contribution in [0.25, 0.3) is 0 Å². The molecule has 94 valence electrons. The van der Waals surface area contributed by atoms with Crippen LogP contribution in [-0.4, -0.2) is 19.7 Å². The van der Waals surface area contributed by atoms with Gasteiger partial charge in [-0.3, -0.25) is 0 Å². The number of nitrogens with one attached hydrogen (secondary N) is 1. The van der Waals surface area contributed by atoms with Crippen molar-refractivity contribution in [3.8, 4) is 0 Å². The number of anilines is 1. The molecule has 0 saturated carbocycles. The van der Waals surface area contributed by atoms with Gasteiger partial charge in [0.05, 0.1) is 17.8 Å². The Labute approximate surface area is 106 Å². The Morgan fingerprint density at radius 2 is 2.39 bits per heavy atom. The number of hydrogen-bond acceptors (Lipinski definition) is 6. The lowest BCUT2D eigenvalue weighted by atomic mass is 10.2. The summed E-state index contributed by atoms with van der Waals surface area (Å²) in [6.45, 7) is 0.279. The second-order valence-electron chi connectivity index (χ2n) is 3.41. The van der Waals surface area contributed by atoms with Gasteiger partial charge in [0.2, 0.25) is 0 Å². The molecule has 2 aromatic rings. The Kier molecular flexibility index (Phi) is 3.40. The summed E-state index contributed by atoms with van der Waals surface area (Å²) in [4.78, 5) is 14.0. The molecule has 0 saturated heterocycles. The molecule has 0 atom stereocenters. The molecule has 0 bridgehead atoms. The third kappa shape index (κ3) is 2.39. The molecule has 0 radical (unpaired) electrons. The van der Waals surface area contributed by atoms with Crippen molar-refractivity contribution >= 4 is 23.2 Å². The zero-order valence-corrected chi connectivity index (χ0v) is 9.83. The van der Waals surface area contributed by atoms with E-state index in [0.717, 1.165) is 5.56 Å². The van der Waals surface area contributed by atoms with Crippen molar-refractivity contribution in [2.75, 3.05) is 5.43 Å². The van der Waals surface area contributed by atoms with E-state index in [-0.39, 0.29) is 17.4 Å². The van der Waals surface area contributed by atoms with Crippen molar-refractivity contribution in [3.05, 3.63) is 45.2 Å². The molecule has 0 aromatic carbocycles. The Morgan fingerprint density at radius 3 is 3.00 bits per heavy atom. The maximum Gasteiger partial charge on any atom is 0.408 e. The van der Waals surface area contributed by atoms with Crippen molar-refractivity contribution in [2.24, 2.45) is 5.84 Å². The number of halogens is 1. The predicted molar refractivity (Wildman–Crippen MR) is 65.0 cm³/mol. The maximum atomic E-state index is 10.6. The summed E-state index contributed by atoms with van der Waals surface area (Å²) in [5.74, 6) is 5.42.